The number of urea groups is 1. The van der Waals surface area contributed by atoms with Gasteiger partial charge in [0.1, 0.15) is 6.54 Å². The maximum atomic E-state index is 13.0. The molecule has 0 saturated heterocycles. The quantitative estimate of drug-likeness (QED) is 0.858. The Morgan fingerprint density at radius 2 is 1.96 bits per heavy atom. The van der Waals surface area contributed by atoms with Gasteiger partial charge in [0.2, 0.25) is 11.8 Å². The molecule has 0 unspecified atom stereocenters. The monoisotopic (exact) mass is 380 g/mol. The molecule has 3 rings (SSSR count). The van der Waals surface area contributed by atoms with Gasteiger partial charge in [0.25, 0.3) is 0 Å². The summed E-state index contributed by atoms with van der Waals surface area (Å²) >= 11 is 0. The second-order valence-electron chi connectivity index (χ2n) is 7.04. The molecule has 1 aliphatic rings. The van der Waals surface area contributed by atoms with E-state index in [-0.39, 0.29) is 36.9 Å². The SMILES string of the molecule is Cc1cccc(NC(=O)N(C)CC(=O)N2c3ccccc3NC(=O)C[C@@H]2C)c1. The van der Waals surface area contributed by atoms with Gasteiger partial charge in [0, 0.05) is 25.2 Å². The van der Waals surface area contributed by atoms with Crippen LogP contribution >= 0.6 is 0 Å². The fourth-order valence-electron chi connectivity index (χ4n) is 3.26. The molecule has 2 aromatic rings. The van der Waals surface area contributed by atoms with E-state index in [4.69, 9.17) is 0 Å². The molecule has 7 heteroatoms. The number of benzene rings is 2. The van der Waals surface area contributed by atoms with Crippen LogP contribution in [0.4, 0.5) is 21.9 Å². The first-order valence-electron chi connectivity index (χ1n) is 9.15. The first-order chi connectivity index (χ1) is 13.3. The summed E-state index contributed by atoms with van der Waals surface area (Å²) in [6.07, 6.45) is 0.194. The molecular formula is C21H24N4O3. The average Bonchev–Trinajstić information content (AvgIpc) is 2.75. The van der Waals surface area contributed by atoms with E-state index in [9.17, 15) is 14.4 Å². The van der Waals surface area contributed by atoms with E-state index in [1.807, 2.05) is 38.1 Å². The topological polar surface area (TPSA) is 81.8 Å². The van der Waals surface area contributed by atoms with Crippen molar-refractivity contribution in [3.05, 3.63) is 54.1 Å². The van der Waals surface area contributed by atoms with Crippen LogP contribution in [0.1, 0.15) is 18.9 Å². The van der Waals surface area contributed by atoms with Crippen LogP contribution in [0.2, 0.25) is 0 Å². The third-order valence-corrected chi connectivity index (χ3v) is 4.62. The van der Waals surface area contributed by atoms with Crippen molar-refractivity contribution in [2.45, 2.75) is 26.3 Å². The normalized spacial score (nSPS) is 15.9. The number of hydrogen-bond donors (Lipinski definition) is 2. The number of nitrogens with one attached hydrogen (secondary N) is 2. The minimum absolute atomic E-state index is 0.107. The zero-order valence-corrected chi connectivity index (χ0v) is 16.2. The number of anilines is 3. The molecular weight excluding hydrogens is 356 g/mol. The van der Waals surface area contributed by atoms with Gasteiger partial charge in [-0.3, -0.25) is 9.59 Å². The van der Waals surface area contributed by atoms with Gasteiger partial charge < -0.3 is 20.4 Å². The lowest BCUT2D eigenvalue weighted by molar-refractivity contribution is -0.119. The summed E-state index contributed by atoms with van der Waals surface area (Å²) in [4.78, 5) is 40.5. The van der Waals surface area contributed by atoms with Crippen molar-refractivity contribution in [2.75, 3.05) is 29.1 Å². The summed E-state index contributed by atoms with van der Waals surface area (Å²) in [5.41, 5.74) is 2.94. The number of rotatable bonds is 3. The Labute approximate surface area is 164 Å². The van der Waals surface area contributed by atoms with Crippen molar-refractivity contribution in [3.8, 4) is 0 Å². The summed E-state index contributed by atoms with van der Waals surface area (Å²) in [5, 5.41) is 5.62. The molecule has 0 saturated carbocycles. The zero-order chi connectivity index (χ0) is 20.3. The van der Waals surface area contributed by atoms with Gasteiger partial charge in [0.15, 0.2) is 0 Å². The lowest BCUT2D eigenvalue weighted by atomic mass is 10.1. The maximum absolute atomic E-state index is 13.0. The van der Waals surface area contributed by atoms with E-state index in [0.29, 0.717) is 17.1 Å². The molecule has 4 amide bonds. The highest BCUT2D eigenvalue weighted by atomic mass is 16.2. The highest BCUT2D eigenvalue weighted by Gasteiger charge is 2.30. The maximum Gasteiger partial charge on any atom is 0.322 e. The first-order valence-corrected chi connectivity index (χ1v) is 9.15. The van der Waals surface area contributed by atoms with Crippen LogP contribution in [0.5, 0.6) is 0 Å². The Morgan fingerprint density at radius 3 is 2.71 bits per heavy atom. The van der Waals surface area contributed by atoms with E-state index < -0.39 is 0 Å². The fraction of sp³-hybridized carbons (Fsp3) is 0.286. The highest BCUT2D eigenvalue weighted by molar-refractivity contribution is 6.05. The Bertz CT molecular complexity index is 912. The number of nitrogens with zero attached hydrogens (tertiary/aromatic N) is 2. The molecule has 0 fully saturated rings. The van der Waals surface area contributed by atoms with Crippen LogP contribution in [-0.2, 0) is 9.59 Å². The standard InChI is InChI=1S/C21H24N4O3/c1-14-7-6-8-16(11-14)22-21(28)24(3)13-20(27)25-15(2)12-19(26)23-17-9-4-5-10-18(17)25/h4-11,15H,12-13H2,1-3H3,(H,22,28)(H,23,26)/t15-/m0/s1. The van der Waals surface area contributed by atoms with Gasteiger partial charge in [0.05, 0.1) is 11.4 Å². The van der Waals surface area contributed by atoms with Crippen molar-refractivity contribution in [2.24, 2.45) is 0 Å². The second kappa shape index (κ2) is 8.12. The van der Waals surface area contributed by atoms with Crippen LogP contribution in [0.25, 0.3) is 0 Å². The van der Waals surface area contributed by atoms with Crippen molar-refractivity contribution in [3.63, 3.8) is 0 Å². The van der Waals surface area contributed by atoms with Gasteiger partial charge in [-0.2, -0.15) is 0 Å². The van der Waals surface area contributed by atoms with Gasteiger partial charge in [-0.05, 0) is 43.7 Å². The van der Waals surface area contributed by atoms with Crippen molar-refractivity contribution in [1.82, 2.24) is 4.90 Å². The highest BCUT2D eigenvalue weighted by Crippen LogP contribution is 2.31. The van der Waals surface area contributed by atoms with E-state index in [0.717, 1.165) is 5.56 Å². The summed E-state index contributed by atoms with van der Waals surface area (Å²) in [6.45, 7) is 3.66. The van der Waals surface area contributed by atoms with Crippen LogP contribution in [-0.4, -0.2) is 42.4 Å². The molecule has 1 heterocycles. The largest absolute Gasteiger partial charge is 0.324 e. The van der Waals surface area contributed by atoms with Crippen LogP contribution in [0, 0.1) is 6.92 Å². The molecule has 0 aliphatic carbocycles. The first kappa shape index (κ1) is 19.4. The number of aryl methyl sites for hydroxylation is 1. The smallest absolute Gasteiger partial charge is 0.322 e. The van der Waals surface area contributed by atoms with Crippen molar-refractivity contribution < 1.29 is 14.4 Å². The Hall–Kier alpha value is -3.35. The summed E-state index contributed by atoms with van der Waals surface area (Å²) in [7, 11) is 1.57. The molecule has 2 aromatic carbocycles. The second-order valence-corrected chi connectivity index (χ2v) is 7.04. The van der Waals surface area contributed by atoms with Crippen molar-refractivity contribution in [1.29, 1.82) is 0 Å². The number of likely N-dealkylation sites (N-methyl/N-ethyl adjacent to an activating group) is 1. The van der Waals surface area contributed by atoms with Gasteiger partial charge >= 0.3 is 6.03 Å². The lowest BCUT2D eigenvalue weighted by Crippen LogP contribution is -2.46. The lowest BCUT2D eigenvalue weighted by Gasteiger charge is -2.29. The third kappa shape index (κ3) is 4.31. The predicted octanol–water partition coefficient (Wildman–Crippen LogP) is 3.22. The molecule has 146 valence electrons. The van der Waals surface area contributed by atoms with E-state index in [2.05, 4.69) is 10.6 Å². The minimum Gasteiger partial charge on any atom is -0.324 e. The molecule has 1 aliphatic heterocycles. The molecule has 7 nitrogen and oxygen atoms in total. The molecule has 0 radical (unpaired) electrons. The summed E-state index contributed by atoms with van der Waals surface area (Å²) < 4.78 is 0. The zero-order valence-electron chi connectivity index (χ0n) is 16.2. The number of hydrogen-bond acceptors (Lipinski definition) is 3. The predicted molar refractivity (Wildman–Crippen MR) is 109 cm³/mol. The fourth-order valence-corrected chi connectivity index (χ4v) is 3.26. The van der Waals surface area contributed by atoms with Gasteiger partial charge in [-0.25, -0.2) is 4.79 Å². The van der Waals surface area contributed by atoms with Crippen LogP contribution < -0.4 is 15.5 Å². The van der Waals surface area contributed by atoms with Gasteiger partial charge in [-0.1, -0.05) is 24.3 Å². The van der Waals surface area contributed by atoms with E-state index in [1.54, 1.807) is 36.2 Å². The molecule has 2 N–H and O–H groups in total. The summed E-state index contributed by atoms with van der Waals surface area (Å²) in [5.74, 6) is -0.390. The molecule has 0 bridgehead atoms. The molecule has 0 aromatic heterocycles. The number of para-hydroxylation sites is 2. The van der Waals surface area contributed by atoms with Crippen molar-refractivity contribution >= 4 is 34.9 Å². The molecule has 1 atom stereocenters. The Kier molecular flexibility index (Phi) is 5.63. The van der Waals surface area contributed by atoms with E-state index >= 15 is 0 Å². The van der Waals surface area contributed by atoms with Crippen LogP contribution in [0.3, 0.4) is 0 Å². The van der Waals surface area contributed by atoms with E-state index in [1.165, 1.54) is 4.90 Å². The Morgan fingerprint density at radius 1 is 1.21 bits per heavy atom. The number of amides is 4. The van der Waals surface area contributed by atoms with Crippen LogP contribution in [0.15, 0.2) is 48.5 Å². The Balaban J connectivity index is 1.74. The molecule has 0 spiro atoms. The minimum atomic E-state index is -0.371. The molecule has 28 heavy (non-hydrogen) atoms. The average molecular weight is 380 g/mol. The number of fused-ring (bicyclic) bond motifs is 1. The van der Waals surface area contributed by atoms with Gasteiger partial charge in [-0.15, -0.1) is 0 Å². The number of carbonyl (C=O) groups excluding carboxylic acids is 3. The summed E-state index contributed by atoms with van der Waals surface area (Å²) in [6, 6.07) is 13.9. The number of carbonyl (C=O) groups is 3. The third-order valence-electron chi connectivity index (χ3n) is 4.62.